The number of ether oxygens (including phenoxy) is 1. The first kappa shape index (κ1) is 15.5. The summed E-state index contributed by atoms with van der Waals surface area (Å²) in [5.74, 6) is -4.88. The van der Waals surface area contributed by atoms with E-state index < -0.39 is 48.4 Å². The van der Waals surface area contributed by atoms with E-state index in [4.69, 9.17) is 4.74 Å². The Balaban J connectivity index is 2.73. The predicted octanol–water partition coefficient (Wildman–Crippen LogP) is 1.55. The number of likely N-dealkylation sites (tertiary alicyclic amines) is 1. The Labute approximate surface area is 107 Å². The van der Waals surface area contributed by atoms with Gasteiger partial charge in [-0.3, -0.25) is 14.5 Å². The van der Waals surface area contributed by atoms with Crippen LogP contribution in [0.15, 0.2) is 0 Å². The number of amides is 1. The predicted molar refractivity (Wildman–Crippen MR) is 57.4 cm³/mol. The number of carbonyl (C=O) groups excluding carboxylic acids is 3. The van der Waals surface area contributed by atoms with Gasteiger partial charge in [0.05, 0.1) is 6.54 Å². The molecule has 0 N–H and O–H groups in total. The molecule has 5 nitrogen and oxygen atoms in total. The van der Waals surface area contributed by atoms with Gasteiger partial charge in [-0.2, -0.15) is 13.2 Å². The number of hydrogen-bond acceptors (Lipinski definition) is 4. The normalized spacial score (nSPS) is 20.6. The lowest BCUT2D eigenvalue weighted by atomic mass is 10.0. The minimum atomic E-state index is -5.08. The maximum absolute atomic E-state index is 12.2. The van der Waals surface area contributed by atoms with Crippen molar-refractivity contribution in [1.82, 2.24) is 4.90 Å². The molecule has 1 amide bonds. The molecule has 0 spiro atoms. The van der Waals surface area contributed by atoms with Gasteiger partial charge < -0.3 is 4.74 Å². The van der Waals surface area contributed by atoms with Gasteiger partial charge in [0.1, 0.15) is 11.5 Å². The fourth-order valence-corrected chi connectivity index (χ4v) is 1.58. The molecule has 1 saturated heterocycles. The Morgan fingerprint density at radius 1 is 1.26 bits per heavy atom. The van der Waals surface area contributed by atoms with Crippen LogP contribution in [0.2, 0.25) is 0 Å². The number of carbonyl (C=O) groups is 3. The van der Waals surface area contributed by atoms with E-state index in [1.807, 2.05) is 0 Å². The summed E-state index contributed by atoms with van der Waals surface area (Å²) in [5, 5.41) is 0. The van der Waals surface area contributed by atoms with E-state index in [0.717, 1.165) is 4.90 Å². The average molecular weight is 281 g/mol. The van der Waals surface area contributed by atoms with Crippen molar-refractivity contribution in [2.45, 2.75) is 32.5 Å². The highest BCUT2D eigenvalue weighted by molar-refractivity contribution is 6.08. The maximum atomic E-state index is 12.2. The van der Waals surface area contributed by atoms with Crippen molar-refractivity contribution < 1.29 is 32.3 Å². The number of ketones is 2. The van der Waals surface area contributed by atoms with E-state index in [1.165, 1.54) is 0 Å². The highest BCUT2D eigenvalue weighted by Crippen LogP contribution is 2.26. The van der Waals surface area contributed by atoms with Crippen molar-refractivity contribution in [2.24, 2.45) is 5.92 Å². The van der Waals surface area contributed by atoms with Gasteiger partial charge in [-0.1, -0.05) is 0 Å². The molecule has 0 radical (unpaired) electrons. The molecule has 1 aliphatic heterocycles. The number of alkyl halides is 3. The quantitative estimate of drug-likeness (QED) is 0.684. The second-order valence-electron chi connectivity index (χ2n) is 5.24. The molecule has 0 aliphatic carbocycles. The van der Waals surface area contributed by atoms with Crippen LogP contribution in [0.4, 0.5) is 18.0 Å². The summed E-state index contributed by atoms with van der Waals surface area (Å²) in [6.07, 6.45) is -5.98. The van der Waals surface area contributed by atoms with E-state index in [0.29, 0.717) is 0 Å². The Hall–Kier alpha value is -1.60. The summed E-state index contributed by atoms with van der Waals surface area (Å²) in [7, 11) is 0. The number of hydrogen-bond donors (Lipinski definition) is 0. The zero-order valence-corrected chi connectivity index (χ0v) is 10.7. The van der Waals surface area contributed by atoms with Gasteiger partial charge in [0.2, 0.25) is 5.78 Å². The second-order valence-corrected chi connectivity index (χ2v) is 5.24. The van der Waals surface area contributed by atoms with Crippen molar-refractivity contribution in [3.63, 3.8) is 0 Å². The number of halogens is 3. The van der Waals surface area contributed by atoms with Crippen molar-refractivity contribution >= 4 is 17.7 Å². The van der Waals surface area contributed by atoms with Gasteiger partial charge in [0.15, 0.2) is 5.78 Å². The molecule has 0 unspecified atom stereocenters. The highest BCUT2D eigenvalue weighted by atomic mass is 19.4. The molecule has 0 aromatic rings. The number of nitrogens with zero attached hydrogens (tertiary/aromatic N) is 1. The monoisotopic (exact) mass is 281 g/mol. The lowest BCUT2D eigenvalue weighted by Gasteiger charge is -2.23. The molecule has 1 atom stereocenters. The van der Waals surface area contributed by atoms with E-state index in [2.05, 4.69) is 0 Å². The first-order valence-electron chi connectivity index (χ1n) is 5.53. The summed E-state index contributed by atoms with van der Waals surface area (Å²) in [6, 6.07) is 0. The molecule has 1 rings (SSSR count). The molecule has 108 valence electrons. The Morgan fingerprint density at radius 3 is 2.21 bits per heavy atom. The molecule has 1 fully saturated rings. The van der Waals surface area contributed by atoms with Crippen LogP contribution in [0.3, 0.4) is 0 Å². The number of Topliss-reactive ketones (excluding diaryl/α,β-unsaturated/α-hetero) is 2. The van der Waals surface area contributed by atoms with Gasteiger partial charge in [0, 0.05) is 6.54 Å². The van der Waals surface area contributed by atoms with Crippen molar-refractivity contribution in [3.05, 3.63) is 0 Å². The molecule has 1 aliphatic rings. The molecule has 0 aromatic carbocycles. The molecule has 0 saturated carbocycles. The van der Waals surface area contributed by atoms with E-state index in [9.17, 15) is 27.6 Å². The van der Waals surface area contributed by atoms with Crippen LogP contribution >= 0.6 is 0 Å². The molecule has 1 heterocycles. The van der Waals surface area contributed by atoms with Gasteiger partial charge in [-0.05, 0) is 20.8 Å². The fourth-order valence-electron chi connectivity index (χ4n) is 1.58. The zero-order chi connectivity index (χ0) is 15.0. The van der Waals surface area contributed by atoms with Crippen molar-refractivity contribution in [3.8, 4) is 0 Å². The lowest BCUT2D eigenvalue weighted by molar-refractivity contribution is -0.175. The second kappa shape index (κ2) is 4.82. The molecule has 0 bridgehead atoms. The van der Waals surface area contributed by atoms with Crippen LogP contribution < -0.4 is 0 Å². The zero-order valence-electron chi connectivity index (χ0n) is 10.7. The van der Waals surface area contributed by atoms with Crippen LogP contribution in [0.5, 0.6) is 0 Å². The molecule has 8 heteroatoms. The van der Waals surface area contributed by atoms with Crippen molar-refractivity contribution in [2.75, 3.05) is 13.1 Å². The first-order chi connectivity index (χ1) is 8.42. The summed E-state index contributed by atoms with van der Waals surface area (Å²) in [4.78, 5) is 34.8. The molecular formula is C11H14F3NO4. The lowest BCUT2D eigenvalue weighted by Crippen LogP contribution is -2.37. The smallest absolute Gasteiger partial charge is 0.444 e. The third-order valence-electron chi connectivity index (χ3n) is 2.39. The van der Waals surface area contributed by atoms with E-state index in [1.54, 1.807) is 20.8 Å². The van der Waals surface area contributed by atoms with E-state index >= 15 is 0 Å². The van der Waals surface area contributed by atoms with Crippen LogP contribution in [-0.2, 0) is 14.3 Å². The fraction of sp³-hybridized carbons (Fsp3) is 0.727. The average Bonchev–Trinajstić information content (AvgIpc) is 2.55. The Morgan fingerprint density at radius 2 is 1.79 bits per heavy atom. The topological polar surface area (TPSA) is 63.7 Å². The largest absolute Gasteiger partial charge is 0.450 e. The Bertz CT molecular complexity index is 411. The van der Waals surface area contributed by atoms with Crippen LogP contribution in [-0.4, -0.2) is 47.4 Å². The van der Waals surface area contributed by atoms with Gasteiger partial charge in [0.25, 0.3) is 0 Å². The first-order valence-corrected chi connectivity index (χ1v) is 5.53. The minimum Gasteiger partial charge on any atom is -0.444 e. The summed E-state index contributed by atoms with van der Waals surface area (Å²) < 4.78 is 41.6. The maximum Gasteiger partial charge on any atom is 0.450 e. The van der Waals surface area contributed by atoms with Crippen LogP contribution in [0.1, 0.15) is 20.8 Å². The Kier molecular flexibility index (Phi) is 3.92. The highest BCUT2D eigenvalue weighted by Gasteiger charge is 2.50. The van der Waals surface area contributed by atoms with Crippen LogP contribution in [0, 0.1) is 5.92 Å². The van der Waals surface area contributed by atoms with Crippen LogP contribution in [0.25, 0.3) is 0 Å². The third-order valence-corrected chi connectivity index (χ3v) is 2.39. The van der Waals surface area contributed by atoms with E-state index in [-0.39, 0.29) is 0 Å². The van der Waals surface area contributed by atoms with Gasteiger partial charge in [-0.15, -0.1) is 0 Å². The molecular weight excluding hydrogens is 267 g/mol. The van der Waals surface area contributed by atoms with Crippen molar-refractivity contribution in [1.29, 1.82) is 0 Å². The summed E-state index contributed by atoms with van der Waals surface area (Å²) in [5.41, 5.74) is -0.827. The van der Waals surface area contributed by atoms with Gasteiger partial charge in [-0.25, -0.2) is 4.79 Å². The SMILES string of the molecule is CC(C)(C)OC(=O)N1CC(=O)[C@@H](C(=O)C(F)(F)F)C1. The number of rotatable bonds is 1. The standard InChI is InChI=1S/C11H14F3NO4/c1-10(2,3)19-9(18)15-4-6(7(16)5-15)8(17)11(12,13)14/h6H,4-5H2,1-3H3/t6-/m0/s1. The summed E-state index contributed by atoms with van der Waals surface area (Å²) >= 11 is 0. The summed E-state index contributed by atoms with van der Waals surface area (Å²) in [6.45, 7) is 3.62. The minimum absolute atomic E-state index is 0.540. The van der Waals surface area contributed by atoms with Gasteiger partial charge >= 0.3 is 12.3 Å². The third kappa shape index (κ3) is 3.93. The molecule has 0 aromatic heterocycles. The molecule has 19 heavy (non-hydrogen) atoms.